The zero-order valence-electron chi connectivity index (χ0n) is 41.9. The molecule has 0 saturated carbocycles. The Hall–Kier alpha value is -6.34. The number of rotatable bonds is 20. The number of nitrogens with one attached hydrogen (secondary N) is 4. The number of carbonyl (C=O) groups excluding carboxylic acids is 5. The minimum absolute atomic E-state index is 0.0141. The lowest BCUT2D eigenvalue weighted by Gasteiger charge is -2.36. The third-order valence-corrected chi connectivity index (χ3v) is 15.0. The van der Waals surface area contributed by atoms with Crippen LogP contribution in [0.3, 0.4) is 0 Å². The summed E-state index contributed by atoms with van der Waals surface area (Å²) in [6, 6.07) is 11.3. The molecular weight excluding hydrogens is 992 g/mol. The van der Waals surface area contributed by atoms with Gasteiger partial charge in [0.1, 0.15) is 41.6 Å². The predicted octanol–water partition coefficient (Wildman–Crippen LogP) is 5.09. The van der Waals surface area contributed by atoms with Gasteiger partial charge in [0.05, 0.1) is 54.1 Å². The fourth-order valence-electron chi connectivity index (χ4n) is 8.61. The second kappa shape index (κ2) is 24.1. The molecule has 5 amide bonds. The van der Waals surface area contributed by atoms with E-state index in [4.69, 9.17) is 32.5 Å². The highest BCUT2D eigenvalue weighted by Crippen LogP contribution is 2.40. The van der Waals surface area contributed by atoms with Crippen molar-refractivity contribution in [1.29, 1.82) is 0 Å². The number of fused-ring (bicyclic) bond motifs is 3. The van der Waals surface area contributed by atoms with Gasteiger partial charge in [0.15, 0.2) is 5.82 Å². The second-order valence-electron chi connectivity index (χ2n) is 19.0. The highest BCUT2D eigenvalue weighted by molar-refractivity contribution is 7.15. The van der Waals surface area contributed by atoms with Crippen LogP contribution in [0.2, 0.25) is 5.02 Å². The molecule has 2 aromatic carbocycles. The number of carbonyl (C=O) groups is 5. The molecule has 2 unspecified atom stereocenters. The highest BCUT2D eigenvalue weighted by atomic mass is 35.5. The van der Waals surface area contributed by atoms with Crippen molar-refractivity contribution in [2.24, 2.45) is 10.4 Å². The number of β-amino-alcohol motifs (C(OH)–C–C–N with tert-alkyl or cyclic N) is 1. The first-order valence-corrected chi connectivity index (χ1v) is 26.0. The molecule has 2 aliphatic rings. The van der Waals surface area contributed by atoms with E-state index in [2.05, 4.69) is 56.2 Å². The van der Waals surface area contributed by atoms with Crippen LogP contribution in [0, 0.1) is 45.5 Å². The van der Waals surface area contributed by atoms with E-state index in [1.54, 1.807) is 49.0 Å². The number of benzene rings is 2. The Balaban J connectivity index is 0.851. The molecular formula is C52H61ClN10O8S2. The molecule has 3 aromatic heterocycles. The number of ether oxygens (including phenoxy) is 2. The summed E-state index contributed by atoms with van der Waals surface area (Å²) in [6.07, 6.45) is 4.50. The molecule has 0 aliphatic carbocycles. The molecule has 5 heterocycles. The van der Waals surface area contributed by atoms with Gasteiger partial charge in [0.2, 0.25) is 29.5 Å². The van der Waals surface area contributed by atoms with Crippen molar-refractivity contribution >= 4 is 69.5 Å². The summed E-state index contributed by atoms with van der Waals surface area (Å²) in [5.41, 5.74) is 7.43. The molecule has 1 fully saturated rings. The van der Waals surface area contributed by atoms with Crippen molar-refractivity contribution in [1.82, 2.24) is 45.9 Å². The zero-order valence-corrected chi connectivity index (χ0v) is 44.3. The van der Waals surface area contributed by atoms with E-state index < -0.39 is 65.9 Å². The van der Waals surface area contributed by atoms with Crippen LogP contribution < -0.4 is 21.3 Å². The first-order chi connectivity index (χ1) is 34.8. The topological polar surface area (TPSA) is 231 Å². The fraction of sp³-hybridized carbons (Fsp3) is 0.442. The van der Waals surface area contributed by atoms with Crippen LogP contribution in [0.1, 0.15) is 90.5 Å². The maximum Gasteiger partial charge on any atom is 0.246 e. The molecule has 2 aliphatic heterocycles. The van der Waals surface area contributed by atoms with E-state index in [0.717, 1.165) is 54.0 Å². The van der Waals surface area contributed by atoms with Crippen molar-refractivity contribution in [3.63, 3.8) is 0 Å². The van der Waals surface area contributed by atoms with Crippen LogP contribution in [0.5, 0.6) is 0 Å². The van der Waals surface area contributed by atoms with Gasteiger partial charge in [0, 0.05) is 53.5 Å². The lowest BCUT2D eigenvalue weighted by molar-refractivity contribution is -0.144. The van der Waals surface area contributed by atoms with Crippen LogP contribution >= 0.6 is 34.3 Å². The van der Waals surface area contributed by atoms with Crippen molar-refractivity contribution in [2.75, 3.05) is 39.5 Å². The number of amides is 5. The molecule has 0 spiro atoms. The molecule has 21 heteroatoms. The predicted molar refractivity (Wildman–Crippen MR) is 280 cm³/mol. The lowest BCUT2D eigenvalue weighted by Crippen LogP contribution is -2.60. The van der Waals surface area contributed by atoms with E-state index >= 15 is 0 Å². The summed E-state index contributed by atoms with van der Waals surface area (Å²) in [5.74, 6) is 1.09. The molecule has 7 rings (SSSR count). The Morgan fingerprint density at radius 3 is 2.33 bits per heavy atom. The number of aliphatic hydroxyl groups excluding tert-OH is 1. The van der Waals surface area contributed by atoms with Crippen LogP contribution in [0.25, 0.3) is 15.4 Å². The number of hydrogen-bond donors (Lipinski definition) is 5. The van der Waals surface area contributed by atoms with Gasteiger partial charge in [-0.15, -0.1) is 45.2 Å². The largest absolute Gasteiger partial charge is 0.391 e. The highest BCUT2D eigenvalue weighted by Gasteiger charge is 2.45. The number of likely N-dealkylation sites (tertiary alicyclic amines) is 1. The zero-order chi connectivity index (χ0) is 52.6. The first-order valence-electron chi connectivity index (χ1n) is 23.9. The average Bonchev–Trinajstić information content (AvgIpc) is 4.12. The number of thiazole rings is 1. The Bertz CT molecular complexity index is 2880. The summed E-state index contributed by atoms with van der Waals surface area (Å²) in [5, 5.41) is 32.2. The summed E-state index contributed by atoms with van der Waals surface area (Å²) in [6.45, 7) is 13.4. The van der Waals surface area contributed by atoms with Crippen molar-refractivity contribution in [3.05, 3.63) is 104 Å². The van der Waals surface area contributed by atoms with Gasteiger partial charge >= 0.3 is 0 Å². The van der Waals surface area contributed by atoms with Crippen LogP contribution in [-0.4, -0.2) is 129 Å². The molecule has 0 bridgehead atoms. The third kappa shape index (κ3) is 13.3. The SMILES string of the molecule is C#CCC(NC(=O)COCCOCCNC(=O)CC1N=C(c2ccc(Cl)cc2)c2c(sc(C)c2C)-n2c(C)nnc21)C(=O)N[C@H](C(=O)N1C[C@H](O)C[C@H]1C(=O)NCc1ccc(-c2scnc2C)cc1)C(C)(C)C. The number of halogens is 1. The molecule has 1 saturated heterocycles. The summed E-state index contributed by atoms with van der Waals surface area (Å²) in [4.78, 5) is 80.8. The first kappa shape index (κ1) is 54.4. The average molecular weight is 1050 g/mol. The van der Waals surface area contributed by atoms with E-state index in [0.29, 0.717) is 16.7 Å². The van der Waals surface area contributed by atoms with Gasteiger partial charge in [-0.05, 0) is 61.9 Å². The number of aryl methyl sites for hydroxylation is 3. The molecule has 5 atom stereocenters. The van der Waals surface area contributed by atoms with E-state index in [-0.39, 0.29) is 64.6 Å². The Morgan fingerprint density at radius 1 is 0.932 bits per heavy atom. The summed E-state index contributed by atoms with van der Waals surface area (Å²) < 4.78 is 13.1. The molecule has 386 valence electrons. The van der Waals surface area contributed by atoms with Crippen LogP contribution in [-0.2, 0) is 40.0 Å². The van der Waals surface area contributed by atoms with Gasteiger partial charge in [-0.1, -0.05) is 68.8 Å². The smallest absolute Gasteiger partial charge is 0.246 e. The number of aromatic nitrogens is 4. The van der Waals surface area contributed by atoms with Gasteiger partial charge in [-0.25, -0.2) is 4.98 Å². The molecule has 0 radical (unpaired) electrons. The number of nitrogens with zero attached hydrogens (tertiary/aromatic N) is 6. The van der Waals surface area contributed by atoms with Crippen molar-refractivity contribution in [2.45, 2.75) is 105 Å². The minimum atomic E-state index is -1.21. The van der Waals surface area contributed by atoms with Gasteiger partial charge < -0.3 is 40.7 Å². The maximum atomic E-state index is 14.2. The quantitative estimate of drug-likeness (QED) is 0.0509. The Kier molecular flexibility index (Phi) is 18.0. The number of aliphatic imine (C=N–C) groups is 1. The third-order valence-electron chi connectivity index (χ3n) is 12.6. The molecule has 73 heavy (non-hydrogen) atoms. The number of thiophene rings is 1. The van der Waals surface area contributed by atoms with Crippen LogP contribution in [0.15, 0.2) is 59.0 Å². The number of hydrogen-bond acceptors (Lipinski definition) is 14. The second-order valence-corrected chi connectivity index (χ2v) is 21.5. The van der Waals surface area contributed by atoms with E-state index in [1.165, 1.54) is 4.90 Å². The van der Waals surface area contributed by atoms with Crippen molar-refractivity contribution in [3.8, 4) is 27.8 Å². The fourth-order valence-corrected chi connectivity index (χ4v) is 10.8. The normalized spacial score (nSPS) is 17.1. The molecule has 18 nitrogen and oxygen atoms in total. The maximum absolute atomic E-state index is 14.2. The molecule has 5 N–H and O–H groups in total. The number of aliphatic hydroxyl groups is 1. The van der Waals surface area contributed by atoms with Crippen molar-refractivity contribution < 1.29 is 38.6 Å². The Labute approximate surface area is 437 Å². The summed E-state index contributed by atoms with van der Waals surface area (Å²) >= 11 is 9.41. The standard InChI is InChI=1S/C52H61ClN10O8S2/c1-9-10-38(48(67)59-46(52(6,7)8)50(69)62-26-37(64)23-40(62)49(68)55-25-33-11-13-35(14-12-33)45-30(3)56-28-72-45)57-42(66)27-71-22-21-70-20-19-54-41(65)24-39-47-61-60-32(5)63(47)51-43(29(2)31(4)73-51)44(58-39)34-15-17-36(53)18-16-34/h1,11-18,28,37-40,46,64H,10,19-27H2,2-8H3,(H,54,65)(H,55,68)(H,57,66)(H,59,67)/t37-,38?,39?,40+,46-/m1/s1. The van der Waals surface area contributed by atoms with Gasteiger partial charge in [-0.2, -0.15) is 0 Å². The van der Waals surface area contributed by atoms with Crippen LogP contribution in [0.4, 0.5) is 0 Å². The van der Waals surface area contributed by atoms with E-state index in [1.807, 2.05) is 66.9 Å². The monoisotopic (exact) mass is 1050 g/mol. The van der Waals surface area contributed by atoms with Gasteiger partial charge in [-0.3, -0.25) is 33.5 Å². The van der Waals surface area contributed by atoms with E-state index in [9.17, 15) is 29.1 Å². The number of terminal acetylenes is 1. The minimum Gasteiger partial charge on any atom is -0.391 e. The molecule has 5 aromatic rings. The summed E-state index contributed by atoms with van der Waals surface area (Å²) in [7, 11) is 0. The Morgan fingerprint density at radius 2 is 1.64 bits per heavy atom. The lowest BCUT2D eigenvalue weighted by atomic mass is 9.85. The van der Waals surface area contributed by atoms with Gasteiger partial charge in [0.25, 0.3) is 0 Å².